The van der Waals surface area contributed by atoms with Gasteiger partial charge in [-0.15, -0.1) is 0 Å². The standard InChI is InChI=1S/C36H51F2N3O3/c1-3-41(33(42)17-15-26-14-16-32(37)34(38)25(26)2)30-18-20-39(21-19-30)22-29-23-40(24-31(29)27-10-6-4-7-11-27)35(36(43)44)28-12-8-5-9-13-28/h4,6-7,10-11,14,16,25-26,28-31,35H,3,5,8-9,12-13,15,17-24H2,1-2H3,(H,43,44)/t25?,26?,29-,31+,35+/m0/s1. The minimum atomic E-state index is -0.798. The highest BCUT2D eigenvalue weighted by atomic mass is 19.2. The fourth-order valence-electron chi connectivity index (χ4n) is 8.52. The van der Waals surface area contributed by atoms with Gasteiger partial charge in [-0.1, -0.05) is 62.6 Å². The lowest BCUT2D eigenvalue weighted by atomic mass is 9.83. The Hall–Kier alpha value is -2.58. The number of hydrogen-bond donors (Lipinski definition) is 1. The van der Waals surface area contributed by atoms with Crippen LogP contribution >= 0.6 is 0 Å². The van der Waals surface area contributed by atoms with Crippen molar-refractivity contribution in [1.29, 1.82) is 0 Å². The van der Waals surface area contributed by atoms with Crippen molar-refractivity contribution in [3.8, 4) is 0 Å². The number of aliphatic carboxylic acids is 1. The van der Waals surface area contributed by atoms with E-state index in [9.17, 15) is 23.5 Å². The number of carbonyl (C=O) groups is 2. The third-order valence-corrected chi connectivity index (χ3v) is 11.0. The molecule has 0 radical (unpaired) electrons. The van der Waals surface area contributed by atoms with Crippen molar-refractivity contribution in [1.82, 2.24) is 14.7 Å². The third-order valence-electron chi connectivity index (χ3n) is 11.0. The Morgan fingerprint density at radius 3 is 2.39 bits per heavy atom. The number of nitrogens with zero attached hydrogens (tertiary/aromatic N) is 3. The van der Waals surface area contributed by atoms with Gasteiger partial charge in [0.2, 0.25) is 5.91 Å². The van der Waals surface area contributed by atoms with Gasteiger partial charge in [0.15, 0.2) is 5.83 Å². The van der Waals surface area contributed by atoms with Crippen molar-refractivity contribution in [3.05, 3.63) is 59.7 Å². The van der Waals surface area contributed by atoms with E-state index in [1.807, 2.05) is 17.9 Å². The molecule has 5 rings (SSSR count). The molecule has 1 saturated carbocycles. The van der Waals surface area contributed by atoms with Crippen LogP contribution in [0.3, 0.4) is 0 Å². The van der Waals surface area contributed by atoms with Gasteiger partial charge in [0.1, 0.15) is 11.9 Å². The average Bonchev–Trinajstić information content (AvgIpc) is 3.44. The topological polar surface area (TPSA) is 64.1 Å². The van der Waals surface area contributed by atoms with E-state index in [1.165, 1.54) is 18.1 Å². The van der Waals surface area contributed by atoms with Crippen molar-refractivity contribution < 1.29 is 23.5 Å². The molecule has 0 bridgehead atoms. The number of carboxylic acids is 1. The Labute approximate surface area is 262 Å². The molecular weight excluding hydrogens is 560 g/mol. The highest BCUT2D eigenvalue weighted by molar-refractivity contribution is 5.76. The van der Waals surface area contributed by atoms with Crippen LogP contribution in [0, 0.1) is 23.7 Å². The van der Waals surface area contributed by atoms with Crippen LogP contribution in [0.1, 0.15) is 83.1 Å². The molecule has 44 heavy (non-hydrogen) atoms. The smallest absolute Gasteiger partial charge is 0.321 e. The van der Waals surface area contributed by atoms with Gasteiger partial charge in [-0.2, -0.15) is 0 Å². The number of benzene rings is 1. The minimum absolute atomic E-state index is 0.0972. The van der Waals surface area contributed by atoms with Gasteiger partial charge in [-0.3, -0.25) is 14.5 Å². The molecule has 2 saturated heterocycles. The number of amides is 1. The summed E-state index contributed by atoms with van der Waals surface area (Å²) in [6, 6.07) is 10.4. The molecule has 2 aliphatic carbocycles. The van der Waals surface area contributed by atoms with Gasteiger partial charge in [0, 0.05) is 63.6 Å². The predicted octanol–water partition coefficient (Wildman–Crippen LogP) is 6.80. The van der Waals surface area contributed by atoms with E-state index < -0.39 is 29.6 Å². The van der Waals surface area contributed by atoms with Crippen molar-refractivity contribution in [2.45, 2.75) is 89.6 Å². The van der Waals surface area contributed by atoms with Crippen molar-refractivity contribution in [3.63, 3.8) is 0 Å². The third kappa shape index (κ3) is 7.61. The number of rotatable bonds is 11. The van der Waals surface area contributed by atoms with Gasteiger partial charge in [-0.25, -0.2) is 8.78 Å². The van der Waals surface area contributed by atoms with Gasteiger partial charge >= 0.3 is 5.97 Å². The Kier molecular flexibility index (Phi) is 11.3. The molecule has 0 aromatic heterocycles. The Bertz CT molecular complexity index is 1180. The Morgan fingerprint density at radius 1 is 1.02 bits per heavy atom. The van der Waals surface area contributed by atoms with E-state index >= 15 is 0 Å². The molecule has 242 valence electrons. The number of carboxylic acid groups (broad SMARTS) is 1. The summed E-state index contributed by atoms with van der Waals surface area (Å²) in [4.78, 5) is 32.6. The SMILES string of the molecule is CCN(C(=O)CCC1C=CC(F)=C(F)C1C)C1CCN(C[C@H]2CN([C@@H](C(=O)O)C3CCCCC3)C[C@@H]2c2ccccc2)CC1. The van der Waals surface area contributed by atoms with E-state index in [-0.39, 0.29) is 23.8 Å². The second-order valence-electron chi connectivity index (χ2n) is 13.7. The quantitative estimate of drug-likeness (QED) is 0.298. The monoisotopic (exact) mass is 611 g/mol. The zero-order valence-electron chi connectivity index (χ0n) is 26.6. The molecule has 6 nitrogen and oxygen atoms in total. The summed E-state index contributed by atoms with van der Waals surface area (Å²) >= 11 is 0. The lowest BCUT2D eigenvalue weighted by Gasteiger charge is -2.39. The summed E-state index contributed by atoms with van der Waals surface area (Å²) < 4.78 is 27.6. The zero-order valence-corrected chi connectivity index (χ0v) is 26.6. The molecule has 1 N–H and O–H groups in total. The maximum Gasteiger partial charge on any atom is 0.321 e. The summed E-state index contributed by atoms with van der Waals surface area (Å²) in [5.41, 5.74) is 1.30. The van der Waals surface area contributed by atoms with Crippen LogP contribution < -0.4 is 0 Å². The van der Waals surface area contributed by atoms with Gasteiger partial charge in [0.05, 0.1) is 0 Å². The summed E-state index contributed by atoms with van der Waals surface area (Å²) in [6.45, 7) is 8.70. The Morgan fingerprint density at radius 2 is 1.73 bits per heavy atom. The number of piperidine rings is 1. The molecule has 2 aliphatic heterocycles. The van der Waals surface area contributed by atoms with E-state index in [2.05, 4.69) is 34.1 Å². The molecule has 8 heteroatoms. The number of hydrogen-bond acceptors (Lipinski definition) is 4. The second kappa shape index (κ2) is 15.1. The van der Waals surface area contributed by atoms with Crippen LogP contribution in [-0.2, 0) is 9.59 Å². The van der Waals surface area contributed by atoms with Crippen LogP contribution in [0.15, 0.2) is 54.1 Å². The summed E-state index contributed by atoms with van der Waals surface area (Å²) in [7, 11) is 0. The Balaban J connectivity index is 1.17. The minimum Gasteiger partial charge on any atom is -0.480 e. The molecule has 2 heterocycles. The van der Waals surface area contributed by atoms with E-state index in [1.54, 1.807) is 13.0 Å². The molecule has 4 aliphatic rings. The van der Waals surface area contributed by atoms with Crippen molar-refractivity contribution in [2.75, 3.05) is 39.3 Å². The van der Waals surface area contributed by atoms with Crippen LogP contribution in [0.4, 0.5) is 8.78 Å². The first kappa shape index (κ1) is 32.8. The largest absolute Gasteiger partial charge is 0.480 e. The van der Waals surface area contributed by atoms with Crippen LogP contribution in [0.2, 0.25) is 0 Å². The normalized spacial score (nSPS) is 28.4. The molecule has 1 aromatic rings. The number of allylic oxidation sites excluding steroid dienone is 4. The first-order valence-electron chi connectivity index (χ1n) is 17.0. The van der Waals surface area contributed by atoms with E-state index in [0.717, 1.165) is 71.2 Å². The average molecular weight is 612 g/mol. The molecule has 3 fully saturated rings. The summed E-state index contributed by atoms with van der Waals surface area (Å²) in [6.07, 6.45) is 11.1. The second-order valence-corrected chi connectivity index (χ2v) is 13.7. The lowest BCUT2D eigenvalue weighted by molar-refractivity contribution is -0.145. The zero-order chi connectivity index (χ0) is 31.2. The predicted molar refractivity (Wildman–Crippen MR) is 169 cm³/mol. The van der Waals surface area contributed by atoms with Crippen molar-refractivity contribution in [2.24, 2.45) is 23.7 Å². The first-order chi connectivity index (χ1) is 21.3. The summed E-state index contributed by atoms with van der Waals surface area (Å²) in [5, 5.41) is 10.3. The number of likely N-dealkylation sites (tertiary alicyclic amines) is 2. The molecule has 1 aromatic carbocycles. The molecule has 0 spiro atoms. The van der Waals surface area contributed by atoms with Gasteiger partial charge < -0.3 is 14.9 Å². The first-order valence-corrected chi connectivity index (χ1v) is 17.0. The highest BCUT2D eigenvalue weighted by Gasteiger charge is 2.43. The van der Waals surface area contributed by atoms with Gasteiger partial charge in [0.25, 0.3) is 0 Å². The number of carbonyl (C=O) groups excluding carboxylic acids is 1. The van der Waals surface area contributed by atoms with Crippen molar-refractivity contribution >= 4 is 11.9 Å². The number of halogens is 2. The fourth-order valence-corrected chi connectivity index (χ4v) is 8.52. The van der Waals surface area contributed by atoms with E-state index in [0.29, 0.717) is 31.2 Å². The fraction of sp³-hybridized carbons (Fsp3) is 0.667. The molecule has 5 atom stereocenters. The molecule has 2 unspecified atom stereocenters. The van der Waals surface area contributed by atoms with Crippen LogP contribution in [0.25, 0.3) is 0 Å². The lowest BCUT2D eigenvalue weighted by Crippen LogP contribution is -2.49. The van der Waals surface area contributed by atoms with Crippen LogP contribution in [-0.4, -0.2) is 83.0 Å². The maximum atomic E-state index is 14.1. The summed E-state index contributed by atoms with van der Waals surface area (Å²) in [5.74, 6) is -1.89. The van der Waals surface area contributed by atoms with Crippen LogP contribution in [0.5, 0.6) is 0 Å². The molecule has 1 amide bonds. The molecular formula is C36H51F2N3O3. The highest BCUT2D eigenvalue weighted by Crippen LogP contribution is 2.39. The maximum absolute atomic E-state index is 14.1. The van der Waals surface area contributed by atoms with Gasteiger partial charge in [-0.05, 0) is 68.4 Å². The van der Waals surface area contributed by atoms with E-state index in [4.69, 9.17) is 0 Å².